The van der Waals surface area contributed by atoms with Crippen molar-refractivity contribution in [1.29, 1.82) is 5.26 Å². The molecule has 1 heterocycles. The van der Waals surface area contributed by atoms with E-state index in [0.717, 1.165) is 37.2 Å². The van der Waals surface area contributed by atoms with E-state index >= 15 is 0 Å². The quantitative estimate of drug-likeness (QED) is 0.663. The summed E-state index contributed by atoms with van der Waals surface area (Å²) in [6.45, 7) is 1.63. The Morgan fingerprint density at radius 3 is 2.67 bits per heavy atom. The van der Waals surface area contributed by atoms with Crippen molar-refractivity contribution in [3.63, 3.8) is 0 Å². The highest BCUT2D eigenvalue weighted by molar-refractivity contribution is 5.58. The molecule has 0 spiro atoms. The first-order valence-corrected chi connectivity index (χ1v) is 7.18. The Labute approximate surface area is 123 Å². The van der Waals surface area contributed by atoms with Crippen LogP contribution in [0.4, 0.5) is 11.4 Å². The first kappa shape index (κ1) is 15.3. The number of anilines is 1. The van der Waals surface area contributed by atoms with Crippen LogP contribution in [0.25, 0.3) is 0 Å². The second-order valence-corrected chi connectivity index (χ2v) is 5.33. The predicted molar refractivity (Wildman–Crippen MR) is 79.1 cm³/mol. The summed E-state index contributed by atoms with van der Waals surface area (Å²) in [6.07, 6.45) is 3.76. The van der Waals surface area contributed by atoms with Crippen LogP contribution in [0.1, 0.15) is 24.8 Å². The van der Waals surface area contributed by atoms with E-state index in [0.29, 0.717) is 6.42 Å². The molecule has 1 fully saturated rings. The number of hydrogen-bond acceptors (Lipinski definition) is 5. The molecule has 1 N–H and O–H groups in total. The van der Waals surface area contributed by atoms with Gasteiger partial charge in [0.15, 0.2) is 0 Å². The molecule has 2 rings (SSSR count). The molecule has 0 aliphatic carbocycles. The highest BCUT2D eigenvalue weighted by Gasteiger charge is 2.19. The molecule has 0 bridgehead atoms. The van der Waals surface area contributed by atoms with E-state index in [4.69, 9.17) is 5.26 Å². The van der Waals surface area contributed by atoms with Crippen LogP contribution in [-0.2, 0) is 6.42 Å². The van der Waals surface area contributed by atoms with Crippen molar-refractivity contribution in [2.45, 2.75) is 25.7 Å². The molecule has 0 radical (unpaired) electrons. The fourth-order valence-corrected chi connectivity index (χ4v) is 2.71. The number of nitro groups is 1. The van der Waals surface area contributed by atoms with E-state index in [2.05, 4.69) is 4.90 Å². The smallest absolute Gasteiger partial charge is 0.269 e. The van der Waals surface area contributed by atoms with Gasteiger partial charge in [-0.2, -0.15) is 5.26 Å². The molecule has 1 aromatic rings. The van der Waals surface area contributed by atoms with Crippen LogP contribution in [-0.4, -0.2) is 29.7 Å². The summed E-state index contributed by atoms with van der Waals surface area (Å²) in [6, 6.07) is 6.85. The van der Waals surface area contributed by atoms with E-state index in [1.807, 2.05) is 6.07 Å². The average Bonchev–Trinajstić information content (AvgIpc) is 2.53. The Balaban J connectivity index is 2.33. The van der Waals surface area contributed by atoms with Gasteiger partial charge in [0.2, 0.25) is 0 Å². The number of rotatable bonds is 5. The van der Waals surface area contributed by atoms with Crippen LogP contribution < -0.4 is 4.90 Å². The Morgan fingerprint density at radius 2 is 2.10 bits per heavy atom. The standard InChI is InChI=1S/C15H19N3O3/c16-10-12(11-19)8-13-9-14(18(20)21)4-5-15(13)17-6-2-1-3-7-17/h4-5,9,12,19H,1-3,6-8,11H2. The third-order valence-corrected chi connectivity index (χ3v) is 3.84. The van der Waals surface area contributed by atoms with Crippen LogP contribution in [0.15, 0.2) is 18.2 Å². The number of piperidine rings is 1. The molecule has 0 amide bonds. The number of nitrogens with zero attached hydrogens (tertiary/aromatic N) is 3. The molecule has 1 saturated heterocycles. The van der Waals surface area contributed by atoms with Crippen molar-refractivity contribution in [3.05, 3.63) is 33.9 Å². The molecule has 1 unspecified atom stereocenters. The lowest BCUT2D eigenvalue weighted by Crippen LogP contribution is -2.30. The van der Waals surface area contributed by atoms with Crippen LogP contribution in [0, 0.1) is 27.4 Å². The average molecular weight is 289 g/mol. The monoisotopic (exact) mass is 289 g/mol. The molecule has 1 atom stereocenters. The maximum atomic E-state index is 10.9. The minimum atomic E-state index is -0.532. The fourth-order valence-electron chi connectivity index (χ4n) is 2.71. The largest absolute Gasteiger partial charge is 0.395 e. The van der Waals surface area contributed by atoms with Crippen molar-refractivity contribution in [3.8, 4) is 6.07 Å². The van der Waals surface area contributed by atoms with Gasteiger partial charge in [0.25, 0.3) is 5.69 Å². The van der Waals surface area contributed by atoms with Crippen LogP contribution in [0.3, 0.4) is 0 Å². The number of non-ortho nitro benzene ring substituents is 1. The van der Waals surface area contributed by atoms with Crippen LogP contribution in [0.5, 0.6) is 0 Å². The molecule has 1 aliphatic heterocycles. The van der Waals surface area contributed by atoms with E-state index in [1.54, 1.807) is 6.07 Å². The molecule has 112 valence electrons. The lowest BCUT2D eigenvalue weighted by molar-refractivity contribution is -0.384. The molecular weight excluding hydrogens is 270 g/mol. The second-order valence-electron chi connectivity index (χ2n) is 5.33. The van der Waals surface area contributed by atoms with Gasteiger partial charge in [-0.25, -0.2) is 0 Å². The van der Waals surface area contributed by atoms with Crippen molar-refractivity contribution < 1.29 is 10.0 Å². The molecule has 6 heteroatoms. The molecule has 6 nitrogen and oxygen atoms in total. The molecule has 1 aliphatic rings. The summed E-state index contributed by atoms with van der Waals surface area (Å²) < 4.78 is 0. The van der Waals surface area contributed by atoms with Gasteiger partial charge in [-0.15, -0.1) is 0 Å². The summed E-state index contributed by atoms with van der Waals surface area (Å²) in [7, 11) is 0. The Morgan fingerprint density at radius 1 is 1.38 bits per heavy atom. The zero-order valence-corrected chi connectivity index (χ0v) is 11.9. The topological polar surface area (TPSA) is 90.4 Å². The number of benzene rings is 1. The van der Waals surface area contributed by atoms with Gasteiger partial charge in [-0.05, 0) is 37.3 Å². The lowest BCUT2D eigenvalue weighted by atomic mass is 9.97. The van der Waals surface area contributed by atoms with E-state index in [-0.39, 0.29) is 12.3 Å². The van der Waals surface area contributed by atoms with Crippen molar-refractivity contribution in [2.24, 2.45) is 5.92 Å². The normalized spacial score (nSPS) is 16.3. The zero-order chi connectivity index (χ0) is 15.2. The highest BCUT2D eigenvalue weighted by atomic mass is 16.6. The number of aliphatic hydroxyl groups is 1. The number of nitriles is 1. The molecule has 0 saturated carbocycles. The molecule has 1 aromatic carbocycles. The van der Waals surface area contributed by atoms with Gasteiger partial charge in [0.1, 0.15) is 0 Å². The number of nitro benzene ring substituents is 1. The maximum Gasteiger partial charge on any atom is 0.269 e. The Bertz CT molecular complexity index is 548. The van der Waals surface area contributed by atoms with Crippen molar-refractivity contribution in [1.82, 2.24) is 0 Å². The SMILES string of the molecule is N#CC(CO)Cc1cc([N+](=O)[O-])ccc1N1CCCCC1. The van der Waals surface area contributed by atoms with E-state index < -0.39 is 10.8 Å². The summed E-state index contributed by atoms with van der Waals surface area (Å²) in [5.74, 6) is -0.532. The van der Waals surface area contributed by atoms with Crippen molar-refractivity contribution in [2.75, 3.05) is 24.6 Å². The minimum Gasteiger partial charge on any atom is -0.395 e. The molecular formula is C15H19N3O3. The molecule has 0 aromatic heterocycles. The van der Waals surface area contributed by atoms with E-state index in [9.17, 15) is 15.2 Å². The third-order valence-electron chi connectivity index (χ3n) is 3.84. The zero-order valence-electron chi connectivity index (χ0n) is 11.9. The van der Waals surface area contributed by atoms with E-state index in [1.165, 1.54) is 18.6 Å². The Kier molecular flexibility index (Phi) is 5.12. The summed E-state index contributed by atoms with van der Waals surface area (Å²) in [5, 5.41) is 29.1. The van der Waals surface area contributed by atoms with Crippen LogP contribution in [0.2, 0.25) is 0 Å². The second kappa shape index (κ2) is 7.04. The van der Waals surface area contributed by atoms with Gasteiger partial charge in [-0.1, -0.05) is 0 Å². The fraction of sp³-hybridized carbons (Fsp3) is 0.533. The van der Waals surface area contributed by atoms with Gasteiger partial charge in [0.05, 0.1) is 23.5 Å². The summed E-state index contributed by atoms with van der Waals surface area (Å²) in [5.41, 5.74) is 1.75. The molecule has 21 heavy (non-hydrogen) atoms. The highest BCUT2D eigenvalue weighted by Crippen LogP contribution is 2.29. The minimum absolute atomic E-state index is 0.0281. The Hall–Kier alpha value is -2.13. The maximum absolute atomic E-state index is 10.9. The summed E-state index contributed by atoms with van der Waals surface area (Å²) >= 11 is 0. The van der Waals surface area contributed by atoms with Gasteiger partial charge in [0, 0.05) is 30.9 Å². The van der Waals surface area contributed by atoms with Crippen molar-refractivity contribution >= 4 is 11.4 Å². The number of hydrogen-bond donors (Lipinski definition) is 1. The third kappa shape index (κ3) is 3.70. The number of aliphatic hydroxyl groups excluding tert-OH is 1. The predicted octanol–water partition coefficient (Wildman–Crippen LogP) is 2.26. The summed E-state index contributed by atoms with van der Waals surface area (Å²) in [4.78, 5) is 12.7. The van der Waals surface area contributed by atoms with Crippen LogP contribution >= 0.6 is 0 Å². The van der Waals surface area contributed by atoms with Gasteiger partial charge >= 0.3 is 0 Å². The van der Waals surface area contributed by atoms with Gasteiger partial charge in [-0.3, -0.25) is 10.1 Å². The first-order valence-electron chi connectivity index (χ1n) is 7.18. The lowest BCUT2D eigenvalue weighted by Gasteiger charge is -2.30. The van der Waals surface area contributed by atoms with Gasteiger partial charge < -0.3 is 10.0 Å². The first-order chi connectivity index (χ1) is 10.2.